The monoisotopic (exact) mass is 452 g/mol. The molecule has 5 rings (SSSR count). The number of hydrogen-bond donors (Lipinski definition) is 3. The van der Waals surface area contributed by atoms with Crippen LogP contribution in [0.4, 0.5) is 5.82 Å². The Morgan fingerprint density at radius 2 is 1.74 bits per heavy atom. The number of aromatic nitrogens is 4. The van der Waals surface area contributed by atoms with Crippen LogP contribution < -0.4 is 16.0 Å². The van der Waals surface area contributed by atoms with Crippen molar-refractivity contribution >= 4 is 22.8 Å². The zero-order valence-electron chi connectivity index (χ0n) is 17.9. The Balaban J connectivity index is 1.50. The molecule has 0 radical (unpaired) electrons. The van der Waals surface area contributed by atoms with Crippen LogP contribution in [0.25, 0.3) is 22.3 Å². The Hall–Kier alpha value is -4.76. The Bertz CT molecular complexity index is 1470. The van der Waals surface area contributed by atoms with E-state index >= 15 is 0 Å². The van der Waals surface area contributed by atoms with Crippen LogP contribution in [0.5, 0.6) is 11.5 Å². The maximum absolute atomic E-state index is 11.8. The first-order chi connectivity index (χ1) is 16.6. The summed E-state index contributed by atoms with van der Waals surface area (Å²) in [4.78, 5) is 20.3. The Morgan fingerprint density at radius 1 is 0.971 bits per heavy atom. The molecule has 0 aliphatic heterocycles. The molecule has 0 spiro atoms. The maximum atomic E-state index is 11.8. The number of hydroxylamine groups is 1. The lowest BCUT2D eigenvalue weighted by Gasteiger charge is -2.06. The third-order valence-corrected chi connectivity index (χ3v) is 5.29. The molecular formula is C25H20N6O3. The first kappa shape index (κ1) is 21.1. The van der Waals surface area contributed by atoms with E-state index in [1.54, 1.807) is 28.4 Å². The third-order valence-electron chi connectivity index (χ3n) is 5.29. The lowest BCUT2D eigenvalue weighted by Crippen LogP contribution is -2.18. The summed E-state index contributed by atoms with van der Waals surface area (Å²) in [5.74, 6) is 1.18. The number of hydrogen-bond acceptors (Lipinski definition) is 7. The Kier molecular flexibility index (Phi) is 5.59. The summed E-state index contributed by atoms with van der Waals surface area (Å²) >= 11 is 0. The number of amides is 1. The molecule has 2 heterocycles. The minimum atomic E-state index is -0.586. The number of fused-ring (bicyclic) bond motifs is 1. The number of nitrogens with zero attached hydrogens (tertiary/aromatic N) is 4. The van der Waals surface area contributed by atoms with Gasteiger partial charge in [-0.25, -0.2) is 20.1 Å². The number of ether oxygens (including phenoxy) is 1. The molecule has 168 valence electrons. The molecule has 9 nitrogen and oxygen atoms in total. The number of anilines is 1. The molecule has 0 saturated carbocycles. The van der Waals surface area contributed by atoms with Gasteiger partial charge in [-0.15, -0.1) is 0 Å². The predicted molar refractivity (Wildman–Crippen MR) is 126 cm³/mol. The molecule has 0 saturated heterocycles. The molecule has 5 aromatic rings. The van der Waals surface area contributed by atoms with Crippen molar-refractivity contribution in [2.45, 2.75) is 6.54 Å². The van der Waals surface area contributed by atoms with E-state index in [2.05, 4.69) is 9.97 Å². The summed E-state index contributed by atoms with van der Waals surface area (Å²) in [6.07, 6.45) is 1.39. The number of nitrogen functional groups attached to an aromatic ring is 1. The number of carbonyl (C=O) groups excluding carboxylic acids is 1. The Labute approximate surface area is 194 Å². The number of nitrogens with two attached hydrogens (primary N) is 1. The van der Waals surface area contributed by atoms with Crippen LogP contribution in [0, 0.1) is 0 Å². The van der Waals surface area contributed by atoms with Gasteiger partial charge < -0.3 is 10.5 Å². The summed E-state index contributed by atoms with van der Waals surface area (Å²) in [5, 5.41) is 14.3. The van der Waals surface area contributed by atoms with Gasteiger partial charge in [0.2, 0.25) is 0 Å². The molecule has 1 amide bonds. The number of rotatable bonds is 6. The average molecular weight is 452 g/mol. The second-order valence-corrected chi connectivity index (χ2v) is 7.54. The molecule has 0 bridgehead atoms. The highest BCUT2D eigenvalue weighted by atomic mass is 16.5. The number of para-hydroxylation sites is 1. The highest BCUT2D eigenvalue weighted by Crippen LogP contribution is 2.32. The van der Waals surface area contributed by atoms with Crippen LogP contribution in [0.1, 0.15) is 15.9 Å². The summed E-state index contributed by atoms with van der Waals surface area (Å²) < 4.78 is 7.59. The smallest absolute Gasteiger partial charge is 0.274 e. The fourth-order valence-corrected chi connectivity index (χ4v) is 3.70. The van der Waals surface area contributed by atoms with Gasteiger partial charge in [0, 0.05) is 11.1 Å². The van der Waals surface area contributed by atoms with Gasteiger partial charge in [0.25, 0.3) is 5.91 Å². The molecule has 9 heteroatoms. The quantitative estimate of drug-likeness (QED) is 0.262. The maximum Gasteiger partial charge on any atom is 0.274 e. The van der Waals surface area contributed by atoms with Crippen molar-refractivity contribution in [1.29, 1.82) is 0 Å². The standard InChI is InChI=1S/C25H20N6O3/c26-23-21-22(17-9-11-20(12-10-17)34-19-7-2-1-3-8-19)29-31(24(21)28-15-27-23)14-16-5-4-6-18(13-16)25(32)30-33/h1-13,15,33H,14H2,(H,30,32)(H2,26,27,28). The van der Waals surface area contributed by atoms with Crippen LogP contribution in [-0.2, 0) is 6.54 Å². The largest absolute Gasteiger partial charge is 0.457 e. The second-order valence-electron chi connectivity index (χ2n) is 7.54. The van der Waals surface area contributed by atoms with E-state index in [1.807, 2.05) is 60.7 Å². The number of benzene rings is 3. The fourth-order valence-electron chi connectivity index (χ4n) is 3.70. The first-order valence-electron chi connectivity index (χ1n) is 10.5. The third kappa shape index (κ3) is 4.15. The molecule has 34 heavy (non-hydrogen) atoms. The van der Waals surface area contributed by atoms with Gasteiger partial charge in [-0.2, -0.15) is 5.10 Å². The van der Waals surface area contributed by atoms with Crippen molar-refractivity contribution in [1.82, 2.24) is 25.2 Å². The molecule has 2 aromatic heterocycles. The van der Waals surface area contributed by atoms with Crippen molar-refractivity contribution in [2.24, 2.45) is 0 Å². The SMILES string of the molecule is Nc1ncnc2c1c(-c1ccc(Oc3ccccc3)cc1)nn2Cc1cccc(C(=O)NO)c1. The van der Waals surface area contributed by atoms with E-state index < -0.39 is 5.91 Å². The highest BCUT2D eigenvalue weighted by molar-refractivity contribution is 5.98. The van der Waals surface area contributed by atoms with Crippen LogP contribution >= 0.6 is 0 Å². The van der Waals surface area contributed by atoms with Crippen molar-refractivity contribution in [3.05, 3.63) is 96.3 Å². The van der Waals surface area contributed by atoms with Crippen LogP contribution in [0.3, 0.4) is 0 Å². The van der Waals surface area contributed by atoms with Gasteiger partial charge in [0.05, 0.1) is 11.9 Å². The summed E-state index contributed by atoms with van der Waals surface area (Å²) in [7, 11) is 0. The number of carbonyl (C=O) groups is 1. The minimum Gasteiger partial charge on any atom is -0.457 e. The van der Waals surface area contributed by atoms with Gasteiger partial charge in [0.1, 0.15) is 29.3 Å². The van der Waals surface area contributed by atoms with Crippen molar-refractivity contribution < 1.29 is 14.7 Å². The lowest BCUT2D eigenvalue weighted by molar-refractivity contribution is 0.0706. The van der Waals surface area contributed by atoms with Gasteiger partial charge in [0.15, 0.2) is 5.65 Å². The van der Waals surface area contributed by atoms with Gasteiger partial charge in [-0.1, -0.05) is 30.3 Å². The van der Waals surface area contributed by atoms with E-state index in [9.17, 15) is 4.79 Å². The average Bonchev–Trinajstić information content (AvgIpc) is 3.24. The van der Waals surface area contributed by atoms with Crippen molar-refractivity contribution in [2.75, 3.05) is 5.73 Å². The molecule has 0 aliphatic rings. The Morgan fingerprint density at radius 3 is 2.50 bits per heavy atom. The minimum absolute atomic E-state index is 0.323. The normalized spacial score (nSPS) is 10.9. The number of nitrogens with one attached hydrogen (secondary N) is 1. The summed E-state index contributed by atoms with van der Waals surface area (Å²) in [6, 6.07) is 24.0. The van der Waals surface area contributed by atoms with E-state index in [0.29, 0.717) is 40.4 Å². The highest BCUT2D eigenvalue weighted by Gasteiger charge is 2.18. The zero-order chi connectivity index (χ0) is 23.5. The van der Waals surface area contributed by atoms with E-state index in [4.69, 9.17) is 20.8 Å². The molecule has 3 aromatic carbocycles. The van der Waals surface area contributed by atoms with Gasteiger partial charge in [-0.3, -0.25) is 10.0 Å². The van der Waals surface area contributed by atoms with Gasteiger partial charge >= 0.3 is 0 Å². The fraction of sp³-hybridized carbons (Fsp3) is 0.0400. The predicted octanol–water partition coefficient (Wildman–Crippen LogP) is 4.04. The molecule has 4 N–H and O–H groups in total. The van der Waals surface area contributed by atoms with Crippen LogP contribution in [0.15, 0.2) is 85.2 Å². The van der Waals surface area contributed by atoms with E-state index in [-0.39, 0.29) is 0 Å². The van der Waals surface area contributed by atoms with Crippen molar-refractivity contribution in [3.8, 4) is 22.8 Å². The molecule has 0 fully saturated rings. The summed E-state index contributed by atoms with van der Waals surface area (Å²) in [5.41, 5.74) is 11.0. The second kappa shape index (κ2) is 9.00. The molecule has 0 aliphatic carbocycles. The first-order valence-corrected chi connectivity index (χ1v) is 10.5. The summed E-state index contributed by atoms with van der Waals surface area (Å²) in [6.45, 7) is 0.342. The van der Waals surface area contributed by atoms with Crippen LogP contribution in [-0.4, -0.2) is 30.9 Å². The van der Waals surface area contributed by atoms with Crippen LogP contribution in [0.2, 0.25) is 0 Å². The lowest BCUT2D eigenvalue weighted by atomic mass is 10.1. The molecule has 0 unspecified atom stereocenters. The topological polar surface area (TPSA) is 128 Å². The van der Waals surface area contributed by atoms with Crippen molar-refractivity contribution in [3.63, 3.8) is 0 Å². The molecule has 0 atom stereocenters. The van der Waals surface area contributed by atoms with E-state index in [1.165, 1.54) is 6.33 Å². The van der Waals surface area contributed by atoms with Gasteiger partial charge in [-0.05, 0) is 54.1 Å². The zero-order valence-corrected chi connectivity index (χ0v) is 17.9. The molecular weight excluding hydrogens is 432 g/mol. The van der Waals surface area contributed by atoms with E-state index in [0.717, 1.165) is 16.9 Å².